The van der Waals surface area contributed by atoms with Crippen LogP contribution in [0.3, 0.4) is 0 Å². The maximum atomic E-state index is 12.8. The molecular weight excluding hydrogens is 462 g/mol. The van der Waals surface area contributed by atoms with E-state index in [0.29, 0.717) is 12.5 Å². The zero-order chi connectivity index (χ0) is 24.6. The third-order valence-corrected chi connectivity index (χ3v) is 10.1. The van der Waals surface area contributed by atoms with E-state index in [1.54, 1.807) is 0 Å². The number of piperidine rings is 1. The molecule has 0 amide bonds. The summed E-state index contributed by atoms with van der Waals surface area (Å²) in [6.45, 7) is 3.54. The first kappa shape index (κ1) is 22.2. The van der Waals surface area contributed by atoms with Crippen LogP contribution in [0, 0.1) is 11.8 Å². The lowest BCUT2D eigenvalue weighted by Gasteiger charge is -2.64. The number of likely N-dealkylation sites (tertiary alicyclic amines) is 1. The highest BCUT2D eigenvalue weighted by Crippen LogP contribution is 2.66. The second-order valence-electron chi connectivity index (χ2n) is 12.1. The molecule has 2 bridgehead atoms. The van der Waals surface area contributed by atoms with Crippen molar-refractivity contribution in [2.24, 2.45) is 11.8 Å². The molecule has 6 heteroatoms. The zero-order valence-corrected chi connectivity index (χ0v) is 21.3. The van der Waals surface area contributed by atoms with Gasteiger partial charge in [0.2, 0.25) is 0 Å². The fourth-order valence-corrected chi connectivity index (χ4v) is 8.28. The van der Waals surface area contributed by atoms with E-state index in [1.807, 2.05) is 36.9 Å². The van der Waals surface area contributed by atoms with Crippen molar-refractivity contribution >= 4 is 0 Å². The number of nitrogens with zero attached hydrogens (tertiary/aromatic N) is 3. The van der Waals surface area contributed by atoms with Gasteiger partial charge in [0.1, 0.15) is 12.7 Å². The summed E-state index contributed by atoms with van der Waals surface area (Å²) in [6, 6.07) is 14.9. The van der Waals surface area contributed by atoms with Gasteiger partial charge in [0.25, 0.3) is 0 Å². The van der Waals surface area contributed by atoms with Crippen LogP contribution in [0.2, 0.25) is 0 Å². The number of aliphatic hydroxyl groups is 1. The molecule has 2 unspecified atom stereocenters. The molecular formula is C31H35N3O3. The number of rotatable bonds is 7. The molecule has 1 aromatic heterocycles. The van der Waals surface area contributed by atoms with Gasteiger partial charge < -0.3 is 19.1 Å². The third-order valence-electron chi connectivity index (χ3n) is 10.1. The van der Waals surface area contributed by atoms with E-state index in [0.717, 1.165) is 68.3 Å². The van der Waals surface area contributed by atoms with Crippen molar-refractivity contribution in [1.29, 1.82) is 0 Å². The molecule has 37 heavy (non-hydrogen) atoms. The van der Waals surface area contributed by atoms with E-state index in [-0.39, 0.29) is 17.6 Å². The molecule has 3 fully saturated rings. The molecule has 2 saturated carbocycles. The van der Waals surface area contributed by atoms with Gasteiger partial charge >= 0.3 is 0 Å². The van der Waals surface area contributed by atoms with Crippen molar-refractivity contribution in [1.82, 2.24) is 14.5 Å². The van der Waals surface area contributed by atoms with Crippen molar-refractivity contribution in [2.45, 2.75) is 74.8 Å². The normalized spacial score (nSPS) is 33.6. The van der Waals surface area contributed by atoms with Gasteiger partial charge in [0, 0.05) is 43.0 Å². The van der Waals surface area contributed by atoms with E-state index >= 15 is 0 Å². The molecule has 3 aromatic rings. The van der Waals surface area contributed by atoms with Gasteiger partial charge in [-0.15, -0.1) is 0 Å². The first-order valence-electron chi connectivity index (χ1n) is 14.1. The Kier molecular flexibility index (Phi) is 4.85. The standard InChI is InChI=1S/C31H35N3O3/c35-31-11-10-24(18-33-15-13-32-20-33)29-30(31)12-14-34(17-21-6-7-21)26(31)16-23-8-9-25(28(37-29)27(23)30)36-19-22-4-2-1-3-5-22/h1-5,8-9,13,15,20-21,24,26,29,35H,6-7,10-12,14,16-19H2/t24?,26-,29?,30+,31-/m1/s1. The van der Waals surface area contributed by atoms with Crippen LogP contribution in [-0.2, 0) is 25.0 Å². The Hall–Kier alpha value is -2.83. The van der Waals surface area contributed by atoms with Crippen molar-refractivity contribution in [3.05, 3.63) is 77.9 Å². The van der Waals surface area contributed by atoms with Crippen LogP contribution in [0.1, 0.15) is 48.8 Å². The van der Waals surface area contributed by atoms with E-state index in [9.17, 15) is 5.11 Å². The number of ether oxygens (including phenoxy) is 2. The third kappa shape index (κ3) is 3.21. The lowest BCUT2D eigenvalue weighted by atomic mass is 9.47. The molecule has 5 aliphatic rings. The molecule has 1 spiro atoms. The first-order chi connectivity index (χ1) is 18.2. The average Bonchev–Trinajstić information content (AvgIpc) is 3.44. The molecule has 6 nitrogen and oxygen atoms in total. The summed E-state index contributed by atoms with van der Waals surface area (Å²) in [4.78, 5) is 6.92. The maximum absolute atomic E-state index is 12.8. The fourth-order valence-electron chi connectivity index (χ4n) is 8.28. The number of hydrogen-bond donors (Lipinski definition) is 1. The van der Waals surface area contributed by atoms with Crippen molar-refractivity contribution < 1.29 is 14.6 Å². The van der Waals surface area contributed by atoms with Crippen LogP contribution in [-0.4, -0.2) is 50.4 Å². The van der Waals surface area contributed by atoms with Gasteiger partial charge in [0.05, 0.1) is 17.3 Å². The molecule has 3 aliphatic carbocycles. The minimum atomic E-state index is -0.771. The van der Waals surface area contributed by atoms with E-state index in [4.69, 9.17) is 9.47 Å². The van der Waals surface area contributed by atoms with Crippen LogP contribution in [0.25, 0.3) is 0 Å². The van der Waals surface area contributed by atoms with Gasteiger partial charge in [-0.25, -0.2) is 4.98 Å². The highest BCUT2D eigenvalue weighted by molar-refractivity contribution is 5.63. The van der Waals surface area contributed by atoms with Gasteiger partial charge in [0.15, 0.2) is 11.5 Å². The molecule has 2 aliphatic heterocycles. The van der Waals surface area contributed by atoms with Gasteiger partial charge in [-0.3, -0.25) is 4.90 Å². The van der Waals surface area contributed by atoms with Crippen molar-refractivity contribution in [3.63, 3.8) is 0 Å². The Morgan fingerprint density at radius 1 is 1.05 bits per heavy atom. The minimum absolute atomic E-state index is 0.0604. The molecule has 192 valence electrons. The average molecular weight is 498 g/mol. The van der Waals surface area contributed by atoms with Crippen LogP contribution in [0.15, 0.2) is 61.2 Å². The quantitative estimate of drug-likeness (QED) is 0.526. The monoisotopic (exact) mass is 497 g/mol. The largest absolute Gasteiger partial charge is 0.485 e. The molecule has 8 rings (SSSR count). The number of imidazole rings is 1. The summed E-state index contributed by atoms with van der Waals surface area (Å²) in [5.74, 6) is 2.83. The Morgan fingerprint density at radius 2 is 1.95 bits per heavy atom. The molecule has 3 heterocycles. The van der Waals surface area contributed by atoms with Crippen molar-refractivity contribution in [3.8, 4) is 11.5 Å². The summed E-state index contributed by atoms with van der Waals surface area (Å²) in [7, 11) is 0. The second-order valence-corrected chi connectivity index (χ2v) is 12.1. The first-order valence-corrected chi connectivity index (χ1v) is 14.1. The number of benzene rings is 2. The predicted molar refractivity (Wildman–Crippen MR) is 140 cm³/mol. The van der Waals surface area contributed by atoms with Gasteiger partial charge in [-0.1, -0.05) is 36.4 Å². The second kappa shape index (κ2) is 8.08. The Labute approximate surface area is 218 Å². The molecule has 5 atom stereocenters. The zero-order valence-electron chi connectivity index (χ0n) is 21.3. The Balaban J connectivity index is 1.22. The number of hydrogen-bond acceptors (Lipinski definition) is 5. The SMILES string of the molecule is O[C@@]12CCC(Cn3ccnc3)C3Oc4c(OCc5ccccc5)ccc5c4[C@@]31CCN(CC1CC1)[C@@H]2C5. The van der Waals surface area contributed by atoms with Crippen LogP contribution in [0.5, 0.6) is 11.5 Å². The molecule has 1 N–H and O–H groups in total. The smallest absolute Gasteiger partial charge is 0.165 e. The molecule has 2 aromatic carbocycles. The van der Waals surface area contributed by atoms with Crippen LogP contribution >= 0.6 is 0 Å². The van der Waals surface area contributed by atoms with E-state index in [1.165, 1.54) is 24.0 Å². The minimum Gasteiger partial charge on any atom is -0.485 e. The topological polar surface area (TPSA) is 59.8 Å². The van der Waals surface area contributed by atoms with Gasteiger partial charge in [-0.05, 0) is 68.2 Å². The summed E-state index contributed by atoms with van der Waals surface area (Å²) >= 11 is 0. The lowest BCUT2D eigenvalue weighted by molar-refractivity contribution is -0.199. The van der Waals surface area contributed by atoms with Gasteiger partial charge in [-0.2, -0.15) is 0 Å². The number of aromatic nitrogens is 2. The lowest BCUT2D eigenvalue weighted by Crippen LogP contribution is -2.76. The maximum Gasteiger partial charge on any atom is 0.165 e. The summed E-state index contributed by atoms with van der Waals surface area (Å²) in [5, 5.41) is 12.8. The predicted octanol–water partition coefficient (Wildman–Crippen LogP) is 4.34. The van der Waals surface area contributed by atoms with Crippen LogP contribution in [0.4, 0.5) is 0 Å². The highest BCUT2D eigenvalue weighted by Gasteiger charge is 2.72. The summed E-state index contributed by atoms with van der Waals surface area (Å²) in [5.41, 5.74) is 2.60. The highest BCUT2D eigenvalue weighted by atomic mass is 16.5. The summed E-state index contributed by atoms with van der Waals surface area (Å²) in [6.07, 6.45) is 12.0. The Morgan fingerprint density at radius 3 is 2.76 bits per heavy atom. The molecule has 1 saturated heterocycles. The van der Waals surface area contributed by atoms with Crippen molar-refractivity contribution in [2.75, 3.05) is 13.1 Å². The van der Waals surface area contributed by atoms with E-state index in [2.05, 4.69) is 38.7 Å². The summed E-state index contributed by atoms with van der Waals surface area (Å²) < 4.78 is 15.6. The Bertz CT molecular complexity index is 1310. The molecule has 0 radical (unpaired) electrons. The van der Waals surface area contributed by atoms with Crippen LogP contribution < -0.4 is 9.47 Å². The fraction of sp³-hybridized carbons (Fsp3) is 0.516. The van der Waals surface area contributed by atoms with E-state index < -0.39 is 5.60 Å².